The lowest BCUT2D eigenvalue weighted by Gasteiger charge is -2.09. The molecule has 0 saturated heterocycles. The first kappa shape index (κ1) is 18.9. The summed E-state index contributed by atoms with van der Waals surface area (Å²) < 4.78 is 33.8. The van der Waals surface area contributed by atoms with Crippen molar-refractivity contribution in [2.45, 2.75) is 27.1 Å². The van der Waals surface area contributed by atoms with Crippen LogP contribution in [0.4, 0.5) is 14.5 Å². The molecule has 1 aromatic heterocycles. The van der Waals surface area contributed by atoms with E-state index < -0.39 is 12.2 Å². The summed E-state index contributed by atoms with van der Waals surface area (Å²) in [6.45, 7) is 5.64. The van der Waals surface area contributed by atoms with Crippen LogP contribution >= 0.6 is 30.1 Å². The monoisotopic (exact) mass is 463 g/mol. The highest BCUT2D eigenvalue weighted by Gasteiger charge is 2.18. The van der Waals surface area contributed by atoms with Crippen LogP contribution in [0.3, 0.4) is 0 Å². The van der Waals surface area contributed by atoms with Crippen LogP contribution in [0, 0.1) is 23.9 Å². The molecule has 0 aliphatic rings. The molecule has 1 aromatic carbocycles. The molecule has 0 fully saturated rings. The minimum absolute atomic E-state index is 0.0923. The van der Waals surface area contributed by atoms with Gasteiger partial charge in [0.2, 0.25) is 6.36 Å². The van der Waals surface area contributed by atoms with Crippen molar-refractivity contribution in [2.24, 2.45) is 0 Å². The topological polar surface area (TPSA) is 39.1 Å². The van der Waals surface area contributed by atoms with E-state index in [9.17, 15) is 8.78 Å². The molecule has 128 valence electrons. The summed E-state index contributed by atoms with van der Waals surface area (Å²) in [5.74, 6) is 2.60. The van der Waals surface area contributed by atoms with Crippen molar-refractivity contribution in [1.82, 2.24) is 9.78 Å². The van der Waals surface area contributed by atoms with E-state index in [2.05, 4.69) is 21.6 Å². The van der Waals surface area contributed by atoms with E-state index in [0.717, 1.165) is 0 Å². The number of hydrogen-bond donors (Lipinski definition) is 1. The summed E-state index contributed by atoms with van der Waals surface area (Å²) >= 11 is 2.04. The molecule has 1 N–H and O–H groups in total. The van der Waals surface area contributed by atoms with Crippen LogP contribution in [0.1, 0.15) is 25.1 Å². The highest BCUT2D eigenvalue weighted by atomic mass is 127. The van der Waals surface area contributed by atoms with Crippen molar-refractivity contribution in [2.75, 3.05) is 11.9 Å². The molecule has 1 heterocycles. The molecule has 2 rings (SSSR count). The van der Waals surface area contributed by atoms with Gasteiger partial charge < -0.3 is 10.1 Å². The van der Waals surface area contributed by atoms with Crippen molar-refractivity contribution in [1.29, 1.82) is 0 Å². The van der Waals surface area contributed by atoms with Gasteiger partial charge in [0, 0.05) is 40.4 Å². The van der Waals surface area contributed by atoms with Crippen LogP contribution in [-0.4, -0.2) is 22.7 Å². The Kier molecular flexibility index (Phi) is 6.74. The lowest BCUT2D eigenvalue weighted by atomic mass is 10.2. The van der Waals surface area contributed by atoms with Crippen LogP contribution in [0.15, 0.2) is 18.2 Å². The Balaban J connectivity index is 2.56. The molecule has 0 spiro atoms. The third kappa shape index (κ3) is 4.54. The first-order chi connectivity index (χ1) is 11.5. The minimum atomic E-state index is -1.52. The Labute approximate surface area is 155 Å². The number of halogens is 3. The zero-order chi connectivity index (χ0) is 17.7. The van der Waals surface area contributed by atoms with E-state index in [1.165, 1.54) is 32.7 Å². The number of nitrogens with zero attached hydrogens (tertiary/aromatic N) is 2. The maximum absolute atomic E-state index is 13.9. The SMILES string of the molecule is CCNc1cc(F)cc(-n2nc(OC(C)F)c(C#CSI)c2C)c1. The summed E-state index contributed by atoms with van der Waals surface area (Å²) in [4.78, 5) is 0. The summed E-state index contributed by atoms with van der Waals surface area (Å²) in [7, 11) is 1.30. The lowest BCUT2D eigenvalue weighted by molar-refractivity contribution is 0.0802. The Morgan fingerprint density at radius 2 is 2.21 bits per heavy atom. The van der Waals surface area contributed by atoms with Gasteiger partial charge in [-0.2, -0.15) is 0 Å². The quantitative estimate of drug-likeness (QED) is 0.509. The number of aromatic nitrogens is 2. The summed E-state index contributed by atoms with van der Waals surface area (Å²) in [5.41, 5.74) is 2.28. The van der Waals surface area contributed by atoms with Gasteiger partial charge >= 0.3 is 0 Å². The fraction of sp³-hybridized carbons (Fsp3) is 0.312. The van der Waals surface area contributed by atoms with Crippen LogP contribution in [0.5, 0.6) is 5.88 Å². The molecule has 4 nitrogen and oxygen atoms in total. The third-order valence-electron chi connectivity index (χ3n) is 3.08. The van der Waals surface area contributed by atoms with Gasteiger partial charge in [0.05, 0.1) is 11.4 Å². The largest absolute Gasteiger partial charge is 0.441 e. The number of ether oxygens (including phenoxy) is 1. The molecule has 24 heavy (non-hydrogen) atoms. The highest BCUT2D eigenvalue weighted by molar-refractivity contribution is 14.2. The number of benzene rings is 1. The number of rotatable bonds is 5. The molecule has 0 aliphatic heterocycles. The second-order valence-corrected chi connectivity index (χ2v) is 6.55. The molecule has 0 amide bonds. The Hall–Kier alpha value is -1.47. The molecular formula is C16H16F2IN3OS. The van der Waals surface area contributed by atoms with Gasteiger partial charge in [0.15, 0.2) is 0 Å². The molecule has 1 unspecified atom stereocenters. The molecule has 8 heteroatoms. The average Bonchev–Trinajstić information content (AvgIpc) is 2.80. The maximum atomic E-state index is 13.9. The van der Waals surface area contributed by atoms with Gasteiger partial charge in [-0.05, 0) is 52.2 Å². The Morgan fingerprint density at radius 3 is 2.83 bits per heavy atom. The van der Waals surface area contributed by atoms with Gasteiger partial charge in [0.25, 0.3) is 5.88 Å². The fourth-order valence-corrected chi connectivity index (χ4v) is 2.65. The zero-order valence-corrected chi connectivity index (χ0v) is 16.3. The standard InChI is InChI=1S/C16H16F2IN3OS/c1-4-20-13-7-12(18)8-14(9-13)22-10(2)15(5-6-24-19)16(21-22)23-11(3)17/h7-9,11,20H,4H2,1-3H3. The van der Waals surface area contributed by atoms with E-state index in [-0.39, 0.29) is 5.88 Å². The third-order valence-corrected chi connectivity index (χ3v) is 3.92. The predicted molar refractivity (Wildman–Crippen MR) is 102 cm³/mol. The van der Waals surface area contributed by atoms with Gasteiger partial charge in [-0.25, -0.2) is 13.5 Å². The fourth-order valence-electron chi connectivity index (χ4n) is 2.18. The molecule has 2 aromatic rings. The van der Waals surface area contributed by atoms with Crippen LogP contribution in [-0.2, 0) is 0 Å². The second-order valence-electron chi connectivity index (χ2n) is 4.87. The number of hydrogen-bond acceptors (Lipinski definition) is 4. The summed E-state index contributed by atoms with van der Waals surface area (Å²) in [5, 5.41) is 10.2. The zero-order valence-electron chi connectivity index (χ0n) is 13.4. The van der Waals surface area contributed by atoms with Crippen LogP contribution < -0.4 is 10.1 Å². The van der Waals surface area contributed by atoms with E-state index in [1.807, 2.05) is 28.1 Å². The van der Waals surface area contributed by atoms with Crippen LogP contribution in [0.25, 0.3) is 5.69 Å². The van der Waals surface area contributed by atoms with Gasteiger partial charge in [-0.3, -0.25) is 0 Å². The second kappa shape index (κ2) is 8.58. The highest BCUT2D eigenvalue weighted by Crippen LogP contribution is 2.27. The number of nitrogens with one attached hydrogen (secondary N) is 1. The van der Waals surface area contributed by atoms with E-state index in [0.29, 0.717) is 29.2 Å². The smallest absolute Gasteiger partial charge is 0.252 e. The van der Waals surface area contributed by atoms with Gasteiger partial charge in [-0.1, -0.05) is 0 Å². The van der Waals surface area contributed by atoms with E-state index in [4.69, 9.17) is 4.74 Å². The minimum Gasteiger partial charge on any atom is -0.441 e. The van der Waals surface area contributed by atoms with Crippen LogP contribution in [0.2, 0.25) is 0 Å². The molecule has 0 radical (unpaired) electrons. The first-order valence-corrected chi connectivity index (χ1v) is 10.6. The lowest BCUT2D eigenvalue weighted by Crippen LogP contribution is -2.06. The maximum Gasteiger partial charge on any atom is 0.252 e. The summed E-state index contributed by atoms with van der Waals surface area (Å²) in [6, 6.07) is 4.52. The predicted octanol–water partition coefficient (Wildman–Crippen LogP) is 4.84. The Bertz CT molecular complexity index is 784. The average molecular weight is 463 g/mol. The van der Waals surface area contributed by atoms with Gasteiger partial charge in [-0.15, -0.1) is 5.10 Å². The molecule has 0 aliphatic carbocycles. The molecule has 0 bridgehead atoms. The van der Waals surface area contributed by atoms with Crippen molar-refractivity contribution in [3.63, 3.8) is 0 Å². The summed E-state index contributed by atoms with van der Waals surface area (Å²) in [6.07, 6.45) is -1.52. The van der Waals surface area contributed by atoms with E-state index >= 15 is 0 Å². The van der Waals surface area contributed by atoms with Crippen molar-refractivity contribution in [3.05, 3.63) is 35.3 Å². The van der Waals surface area contributed by atoms with Crippen molar-refractivity contribution in [3.8, 4) is 22.7 Å². The molecular weight excluding hydrogens is 447 g/mol. The number of alkyl halides is 1. The van der Waals surface area contributed by atoms with Crippen molar-refractivity contribution < 1.29 is 13.5 Å². The Morgan fingerprint density at radius 1 is 1.46 bits per heavy atom. The normalized spacial score (nSPS) is 11.6. The molecule has 1 atom stereocenters. The number of anilines is 1. The van der Waals surface area contributed by atoms with E-state index in [1.54, 1.807) is 13.0 Å². The first-order valence-electron chi connectivity index (χ1n) is 7.20. The molecule has 0 saturated carbocycles. The van der Waals surface area contributed by atoms with Crippen molar-refractivity contribution >= 4 is 35.8 Å². The van der Waals surface area contributed by atoms with Gasteiger partial charge in [0.1, 0.15) is 11.4 Å².